The first-order valence-corrected chi connectivity index (χ1v) is 9.59. The van der Waals surface area contributed by atoms with Crippen LogP contribution >= 0.6 is 0 Å². The van der Waals surface area contributed by atoms with Gasteiger partial charge in [0.15, 0.2) is 5.96 Å². The summed E-state index contributed by atoms with van der Waals surface area (Å²) in [4.78, 5) is 6.71. The molecule has 1 atom stereocenters. The first-order chi connectivity index (χ1) is 13.8. The second kappa shape index (κ2) is 8.25. The molecule has 1 unspecified atom stereocenters. The zero-order valence-corrected chi connectivity index (χ0v) is 16.3. The maximum Gasteiger partial charge on any atom is 0.191 e. The normalized spacial score (nSPS) is 17.1. The molecule has 2 aromatic carbocycles. The molecule has 0 spiro atoms. The summed E-state index contributed by atoms with van der Waals surface area (Å²) in [5.74, 6) is 2.59. The maximum atomic E-state index is 5.87. The van der Waals surface area contributed by atoms with E-state index in [1.54, 1.807) is 14.2 Å². The van der Waals surface area contributed by atoms with E-state index in [4.69, 9.17) is 9.15 Å². The van der Waals surface area contributed by atoms with Gasteiger partial charge in [0, 0.05) is 31.6 Å². The number of furan rings is 1. The van der Waals surface area contributed by atoms with Gasteiger partial charge in [-0.05, 0) is 30.7 Å². The number of benzene rings is 2. The molecule has 0 aliphatic carbocycles. The smallest absolute Gasteiger partial charge is 0.191 e. The standard InChI is InChI=1S/C22H26N4O2/c1-23-22(24-14-18-13-16-7-3-5-9-20(16)28-18)25-17-11-12-26(15-17)19-8-4-6-10-21(19)27-2/h3-10,13,17H,11-12,14-15H2,1-2H3,(H2,23,24,25). The minimum atomic E-state index is 0.326. The summed E-state index contributed by atoms with van der Waals surface area (Å²) in [5, 5.41) is 7.99. The highest BCUT2D eigenvalue weighted by atomic mass is 16.5. The summed E-state index contributed by atoms with van der Waals surface area (Å²) in [6.07, 6.45) is 1.05. The molecule has 1 aliphatic rings. The molecule has 0 radical (unpaired) electrons. The van der Waals surface area contributed by atoms with E-state index in [2.05, 4.69) is 38.7 Å². The Bertz CT molecular complexity index is 933. The number of hydrogen-bond acceptors (Lipinski definition) is 4. The Morgan fingerprint density at radius 1 is 1.21 bits per heavy atom. The van der Waals surface area contributed by atoms with Crippen LogP contribution in [-0.4, -0.2) is 39.2 Å². The molecule has 4 rings (SSSR count). The van der Waals surface area contributed by atoms with E-state index in [9.17, 15) is 0 Å². The SMILES string of the molecule is CN=C(NCc1cc2ccccc2o1)NC1CCN(c2ccccc2OC)C1. The average molecular weight is 378 g/mol. The van der Waals surface area contributed by atoms with E-state index < -0.39 is 0 Å². The van der Waals surface area contributed by atoms with Crippen LogP contribution in [0.1, 0.15) is 12.2 Å². The lowest BCUT2D eigenvalue weighted by Crippen LogP contribution is -2.44. The van der Waals surface area contributed by atoms with Gasteiger partial charge in [-0.1, -0.05) is 30.3 Å². The molecule has 6 heteroatoms. The van der Waals surface area contributed by atoms with Gasteiger partial charge in [-0.2, -0.15) is 0 Å². The van der Waals surface area contributed by atoms with E-state index in [0.29, 0.717) is 12.6 Å². The predicted molar refractivity (Wildman–Crippen MR) is 113 cm³/mol. The molecular formula is C22H26N4O2. The van der Waals surface area contributed by atoms with Crippen molar-refractivity contribution in [2.45, 2.75) is 19.0 Å². The van der Waals surface area contributed by atoms with Crippen molar-refractivity contribution in [3.8, 4) is 5.75 Å². The third-order valence-electron chi connectivity index (χ3n) is 5.09. The van der Waals surface area contributed by atoms with Crippen LogP contribution in [0, 0.1) is 0 Å². The first-order valence-electron chi connectivity index (χ1n) is 9.59. The molecule has 1 fully saturated rings. The van der Waals surface area contributed by atoms with E-state index in [1.807, 2.05) is 36.4 Å². The fraction of sp³-hybridized carbons (Fsp3) is 0.318. The Hall–Kier alpha value is -3.15. The second-order valence-electron chi connectivity index (χ2n) is 6.92. The van der Waals surface area contributed by atoms with Crippen molar-refractivity contribution in [2.24, 2.45) is 4.99 Å². The number of rotatable bonds is 5. The summed E-state index contributed by atoms with van der Waals surface area (Å²) >= 11 is 0. The van der Waals surface area contributed by atoms with Gasteiger partial charge in [0.05, 0.1) is 19.3 Å². The monoisotopic (exact) mass is 378 g/mol. The maximum absolute atomic E-state index is 5.87. The molecule has 6 nitrogen and oxygen atoms in total. The fourth-order valence-electron chi connectivity index (χ4n) is 3.67. The van der Waals surface area contributed by atoms with Crippen LogP contribution < -0.4 is 20.3 Å². The lowest BCUT2D eigenvalue weighted by atomic mass is 10.2. The Labute approximate surface area is 165 Å². The van der Waals surface area contributed by atoms with Crippen LogP contribution in [0.5, 0.6) is 5.75 Å². The molecule has 3 aromatic rings. The number of aliphatic imine (C=N–C) groups is 1. The molecule has 1 aliphatic heterocycles. The van der Waals surface area contributed by atoms with Crippen molar-refractivity contribution in [2.75, 3.05) is 32.1 Å². The van der Waals surface area contributed by atoms with Crippen molar-refractivity contribution in [3.05, 3.63) is 60.4 Å². The van der Waals surface area contributed by atoms with E-state index in [-0.39, 0.29) is 0 Å². The molecule has 0 amide bonds. The van der Waals surface area contributed by atoms with Crippen LogP contribution in [0.15, 0.2) is 64.0 Å². The van der Waals surface area contributed by atoms with Crippen molar-refractivity contribution >= 4 is 22.6 Å². The highest BCUT2D eigenvalue weighted by Gasteiger charge is 2.25. The van der Waals surface area contributed by atoms with E-state index in [1.165, 1.54) is 0 Å². The highest BCUT2D eigenvalue weighted by Crippen LogP contribution is 2.30. The van der Waals surface area contributed by atoms with Gasteiger partial charge in [0.2, 0.25) is 0 Å². The third-order valence-corrected chi connectivity index (χ3v) is 5.09. The van der Waals surface area contributed by atoms with Crippen molar-refractivity contribution in [3.63, 3.8) is 0 Å². The number of methoxy groups -OCH3 is 1. The largest absolute Gasteiger partial charge is 0.495 e. The zero-order chi connectivity index (χ0) is 19.3. The summed E-state index contributed by atoms with van der Waals surface area (Å²) in [6.45, 7) is 2.49. The van der Waals surface area contributed by atoms with Gasteiger partial charge < -0.3 is 24.7 Å². The lowest BCUT2D eigenvalue weighted by molar-refractivity contribution is 0.415. The topological polar surface area (TPSA) is 62.0 Å². The summed E-state index contributed by atoms with van der Waals surface area (Å²) < 4.78 is 11.4. The minimum absolute atomic E-state index is 0.326. The molecule has 1 aromatic heterocycles. The van der Waals surface area contributed by atoms with E-state index >= 15 is 0 Å². The van der Waals surface area contributed by atoms with Crippen LogP contribution in [0.4, 0.5) is 5.69 Å². The number of hydrogen-bond donors (Lipinski definition) is 2. The van der Waals surface area contributed by atoms with Crippen LogP contribution in [0.2, 0.25) is 0 Å². The summed E-state index contributed by atoms with van der Waals surface area (Å²) in [7, 11) is 3.51. The Morgan fingerprint density at radius 2 is 2.04 bits per heavy atom. The predicted octanol–water partition coefficient (Wildman–Crippen LogP) is 3.39. The van der Waals surface area contributed by atoms with Crippen LogP contribution in [-0.2, 0) is 6.54 Å². The second-order valence-corrected chi connectivity index (χ2v) is 6.92. The number of nitrogens with one attached hydrogen (secondary N) is 2. The average Bonchev–Trinajstić information content (AvgIpc) is 3.37. The number of ether oxygens (including phenoxy) is 1. The van der Waals surface area contributed by atoms with Crippen molar-refractivity contribution < 1.29 is 9.15 Å². The Balaban J connectivity index is 1.34. The Morgan fingerprint density at radius 3 is 2.86 bits per heavy atom. The summed E-state index contributed by atoms with van der Waals surface area (Å²) in [6, 6.07) is 18.6. The van der Waals surface area contributed by atoms with Gasteiger partial charge in [-0.25, -0.2) is 0 Å². The lowest BCUT2D eigenvalue weighted by Gasteiger charge is -2.22. The third kappa shape index (κ3) is 3.91. The number of para-hydroxylation sites is 3. The van der Waals surface area contributed by atoms with Crippen molar-refractivity contribution in [1.82, 2.24) is 10.6 Å². The van der Waals surface area contributed by atoms with Gasteiger partial charge in [-0.3, -0.25) is 4.99 Å². The van der Waals surface area contributed by atoms with Crippen molar-refractivity contribution in [1.29, 1.82) is 0 Å². The van der Waals surface area contributed by atoms with Gasteiger partial charge in [-0.15, -0.1) is 0 Å². The van der Waals surface area contributed by atoms with Crippen LogP contribution in [0.25, 0.3) is 11.0 Å². The van der Waals surface area contributed by atoms with Gasteiger partial charge in [0.1, 0.15) is 17.1 Å². The fourth-order valence-corrected chi connectivity index (χ4v) is 3.67. The zero-order valence-electron chi connectivity index (χ0n) is 16.3. The quantitative estimate of drug-likeness (QED) is 0.526. The molecule has 2 heterocycles. The first kappa shape index (κ1) is 18.2. The van der Waals surface area contributed by atoms with Gasteiger partial charge in [0.25, 0.3) is 0 Å². The number of guanidine groups is 1. The highest BCUT2D eigenvalue weighted by molar-refractivity contribution is 5.81. The van der Waals surface area contributed by atoms with Crippen LogP contribution in [0.3, 0.4) is 0 Å². The number of anilines is 1. The summed E-state index contributed by atoms with van der Waals surface area (Å²) in [5.41, 5.74) is 2.05. The molecule has 1 saturated heterocycles. The molecule has 0 saturated carbocycles. The number of nitrogens with zero attached hydrogens (tertiary/aromatic N) is 2. The Kier molecular flexibility index (Phi) is 5.37. The molecular weight excluding hydrogens is 352 g/mol. The molecule has 2 N–H and O–H groups in total. The molecule has 146 valence electrons. The van der Waals surface area contributed by atoms with Gasteiger partial charge >= 0.3 is 0 Å². The number of fused-ring (bicyclic) bond motifs is 1. The van der Waals surface area contributed by atoms with E-state index in [0.717, 1.165) is 53.6 Å². The molecule has 0 bridgehead atoms. The minimum Gasteiger partial charge on any atom is -0.495 e. The molecule has 28 heavy (non-hydrogen) atoms.